The first-order valence-corrected chi connectivity index (χ1v) is 19.1. The molecule has 282 valence electrons. The lowest BCUT2D eigenvalue weighted by Gasteiger charge is -2.36. The molecule has 1 unspecified atom stereocenters. The van der Waals surface area contributed by atoms with E-state index in [1.807, 2.05) is 127 Å². The van der Waals surface area contributed by atoms with Crippen LogP contribution in [0.25, 0.3) is 11.1 Å². The van der Waals surface area contributed by atoms with E-state index in [2.05, 4.69) is 5.32 Å². The summed E-state index contributed by atoms with van der Waals surface area (Å²) in [6, 6.07) is 39.7. The van der Waals surface area contributed by atoms with Gasteiger partial charge in [-0.1, -0.05) is 109 Å². The van der Waals surface area contributed by atoms with Gasteiger partial charge in [0, 0.05) is 22.6 Å². The van der Waals surface area contributed by atoms with Crippen molar-refractivity contribution < 1.29 is 38.4 Å². The SMILES string of the molecule is COc1ccccc1SC[C@@H]1C[C@H](c2ccc(CO)cc2)O[C@H](c2ccc(-c3cccc(CN4C(=O)CC(NC(=O)OCc5ccccc5)C4=O)c3)cc2)O1. The van der Waals surface area contributed by atoms with Gasteiger partial charge in [0.2, 0.25) is 5.91 Å². The van der Waals surface area contributed by atoms with Crippen molar-refractivity contribution in [3.8, 4) is 16.9 Å². The minimum atomic E-state index is -0.977. The number of amides is 3. The summed E-state index contributed by atoms with van der Waals surface area (Å²) in [4.78, 5) is 40.7. The molecule has 2 heterocycles. The van der Waals surface area contributed by atoms with Crippen molar-refractivity contribution in [2.75, 3.05) is 12.9 Å². The number of aliphatic hydroxyl groups excluding tert-OH is 1. The molecule has 2 aliphatic heterocycles. The monoisotopic (exact) mass is 758 g/mol. The Labute approximate surface area is 324 Å². The minimum absolute atomic E-state index is 0.0225. The predicted molar refractivity (Wildman–Crippen MR) is 208 cm³/mol. The Morgan fingerprint density at radius 3 is 2.31 bits per heavy atom. The molecule has 0 radical (unpaired) electrons. The lowest BCUT2D eigenvalue weighted by Crippen LogP contribution is -2.41. The topological polar surface area (TPSA) is 124 Å². The fraction of sp³-hybridized carbons (Fsp3) is 0.250. The van der Waals surface area contributed by atoms with Gasteiger partial charge in [-0.25, -0.2) is 4.79 Å². The third-order valence-electron chi connectivity index (χ3n) is 9.64. The number of thioether (sulfide) groups is 1. The number of benzene rings is 5. The first kappa shape index (κ1) is 37.8. The highest BCUT2D eigenvalue weighted by Gasteiger charge is 2.40. The summed E-state index contributed by atoms with van der Waals surface area (Å²) in [6.07, 6.45) is -1.14. The number of aliphatic hydroxyl groups is 1. The van der Waals surface area contributed by atoms with Crippen molar-refractivity contribution in [2.24, 2.45) is 0 Å². The molecule has 4 atom stereocenters. The van der Waals surface area contributed by atoms with Crippen LogP contribution in [0.15, 0.2) is 132 Å². The maximum Gasteiger partial charge on any atom is 0.408 e. The van der Waals surface area contributed by atoms with Crippen molar-refractivity contribution in [3.05, 3.63) is 155 Å². The van der Waals surface area contributed by atoms with Crippen molar-refractivity contribution >= 4 is 29.7 Å². The Hall–Kier alpha value is -5.46. The molecule has 2 aliphatic rings. The fourth-order valence-corrected chi connectivity index (χ4v) is 7.73. The van der Waals surface area contributed by atoms with Crippen LogP contribution in [-0.4, -0.2) is 52.9 Å². The van der Waals surface area contributed by atoms with E-state index in [0.717, 1.165) is 49.6 Å². The molecule has 5 aromatic carbocycles. The second kappa shape index (κ2) is 17.8. The van der Waals surface area contributed by atoms with Gasteiger partial charge in [0.25, 0.3) is 5.91 Å². The van der Waals surface area contributed by atoms with E-state index in [9.17, 15) is 19.5 Å². The Morgan fingerprint density at radius 1 is 0.818 bits per heavy atom. The highest BCUT2D eigenvalue weighted by Crippen LogP contribution is 2.41. The molecule has 55 heavy (non-hydrogen) atoms. The Morgan fingerprint density at radius 2 is 1.55 bits per heavy atom. The third kappa shape index (κ3) is 9.44. The van der Waals surface area contributed by atoms with Gasteiger partial charge < -0.3 is 29.4 Å². The van der Waals surface area contributed by atoms with E-state index in [-0.39, 0.29) is 44.3 Å². The standard InChI is InChI=1S/C44H42N2O8S/c1-51-38-12-5-6-13-40(38)55-28-36-23-39(33-16-14-29(26-47)15-17-33)54-43(53-36)34-20-18-32(19-21-34)35-11-7-10-31(22-35)25-46-41(48)24-37(42(46)49)45-44(50)52-27-30-8-3-2-4-9-30/h2-22,36-37,39,43,47H,23-28H2,1H3,(H,45,50)/t36-,37?,39+,43+/m0/s1. The molecule has 7 rings (SSSR count). The summed E-state index contributed by atoms with van der Waals surface area (Å²) in [5.74, 6) is 0.700. The highest BCUT2D eigenvalue weighted by atomic mass is 32.2. The summed E-state index contributed by atoms with van der Waals surface area (Å²) in [6.45, 7) is 0.121. The van der Waals surface area contributed by atoms with E-state index in [1.165, 1.54) is 4.90 Å². The number of rotatable bonds is 13. The van der Waals surface area contributed by atoms with Crippen LogP contribution in [0, 0.1) is 0 Å². The number of nitrogens with zero attached hydrogens (tertiary/aromatic N) is 1. The van der Waals surface area contributed by atoms with Crippen molar-refractivity contribution in [2.45, 2.75) is 62.0 Å². The largest absolute Gasteiger partial charge is 0.496 e. The average molecular weight is 759 g/mol. The van der Waals surface area contributed by atoms with Gasteiger partial charge in [0.1, 0.15) is 18.4 Å². The number of hydrogen-bond acceptors (Lipinski definition) is 9. The number of ether oxygens (including phenoxy) is 4. The first-order valence-electron chi connectivity index (χ1n) is 18.1. The zero-order chi connectivity index (χ0) is 38.1. The summed E-state index contributed by atoms with van der Waals surface area (Å²) in [5, 5.41) is 12.1. The number of nitrogens with one attached hydrogen (secondary N) is 1. The smallest absolute Gasteiger partial charge is 0.408 e. The number of carbonyl (C=O) groups excluding carboxylic acids is 3. The van der Waals surface area contributed by atoms with Crippen LogP contribution in [0.4, 0.5) is 4.79 Å². The zero-order valence-corrected chi connectivity index (χ0v) is 31.2. The molecule has 2 saturated heterocycles. The van der Waals surface area contributed by atoms with E-state index >= 15 is 0 Å². The summed E-state index contributed by atoms with van der Waals surface area (Å²) in [5.41, 5.74) is 6.19. The second-order valence-electron chi connectivity index (χ2n) is 13.4. The molecule has 3 amide bonds. The van der Waals surface area contributed by atoms with Crippen molar-refractivity contribution in [1.29, 1.82) is 0 Å². The molecule has 2 fully saturated rings. The van der Waals surface area contributed by atoms with Crippen molar-refractivity contribution in [3.63, 3.8) is 0 Å². The summed E-state index contributed by atoms with van der Waals surface area (Å²) < 4.78 is 23.9. The van der Waals surface area contributed by atoms with Crippen LogP contribution in [0.2, 0.25) is 0 Å². The number of methoxy groups -OCH3 is 1. The quantitative estimate of drug-likeness (QED) is 0.0917. The molecular formula is C44H42N2O8S. The van der Waals surface area contributed by atoms with E-state index in [0.29, 0.717) is 12.2 Å². The first-order chi connectivity index (χ1) is 26.9. The molecule has 11 heteroatoms. The van der Waals surface area contributed by atoms with Gasteiger partial charge in [-0.2, -0.15) is 0 Å². The van der Waals surface area contributed by atoms with Gasteiger partial charge in [-0.05, 0) is 51.6 Å². The Bertz CT molecular complexity index is 2090. The number of likely N-dealkylation sites (tertiary alicyclic amines) is 1. The van der Waals surface area contributed by atoms with E-state index in [4.69, 9.17) is 18.9 Å². The predicted octanol–water partition coefficient (Wildman–Crippen LogP) is 7.75. The van der Waals surface area contributed by atoms with Crippen molar-refractivity contribution in [1.82, 2.24) is 10.2 Å². The van der Waals surface area contributed by atoms with Gasteiger partial charge in [0.15, 0.2) is 6.29 Å². The van der Waals surface area contributed by atoms with Gasteiger partial charge in [-0.3, -0.25) is 14.5 Å². The molecule has 2 N–H and O–H groups in total. The number of carbonyl (C=O) groups is 3. The molecule has 0 bridgehead atoms. The van der Waals surface area contributed by atoms with Crippen LogP contribution < -0.4 is 10.1 Å². The van der Waals surface area contributed by atoms with Crippen LogP contribution in [0.3, 0.4) is 0 Å². The maximum absolute atomic E-state index is 13.2. The summed E-state index contributed by atoms with van der Waals surface area (Å²) in [7, 11) is 1.67. The Kier molecular flexibility index (Phi) is 12.2. The van der Waals surface area contributed by atoms with Gasteiger partial charge in [0.05, 0.1) is 38.9 Å². The number of imide groups is 1. The molecule has 0 saturated carbocycles. The maximum atomic E-state index is 13.2. The van der Waals surface area contributed by atoms with Gasteiger partial charge in [-0.15, -0.1) is 11.8 Å². The van der Waals surface area contributed by atoms with Gasteiger partial charge >= 0.3 is 6.09 Å². The number of para-hydroxylation sites is 1. The molecule has 0 aromatic heterocycles. The lowest BCUT2D eigenvalue weighted by atomic mass is 9.99. The van der Waals surface area contributed by atoms with E-state index < -0.39 is 24.3 Å². The zero-order valence-electron chi connectivity index (χ0n) is 30.3. The third-order valence-corrected chi connectivity index (χ3v) is 10.8. The molecule has 0 spiro atoms. The van der Waals surface area contributed by atoms with Crippen LogP contribution in [0.1, 0.15) is 53.1 Å². The normalized spacial score (nSPS) is 19.6. The number of hydrogen-bond donors (Lipinski definition) is 2. The molecule has 0 aliphatic carbocycles. The van der Waals surface area contributed by atoms with Crippen LogP contribution >= 0.6 is 11.8 Å². The molecule has 5 aromatic rings. The molecule has 10 nitrogen and oxygen atoms in total. The van der Waals surface area contributed by atoms with E-state index in [1.54, 1.807) is 18.9 Å². The number of alkyl carbamates (subject to hydrolysis) is 1. The fourth-order valence-electron chi connectivity index (χ4n) is 6.68. The van der Waals surface area contributed by atoms with Crippen LogP contribution in [0.5, 0.6) is 5.75 Å². The average Bonchev–Trinajstić information content (AvgIpc) is 3.49. The highest BCUT2D eigenvalue weighted by molar-refractivity contribution is 7.99. The Balaban J connectivity index is 1.01. The lowest BCUT2D eigenvalue weighted by molar-refractivity contribution is -0.245. The second-order valence-corrected chi connectivity index (χ2v) is 14.5. The van der Waals surface area contributed by atoms with Crippen LogP contribution in [-0.2, 0) is 43.6 Å². The molecular weight excluding hydrogens is 717 g/mol. The minimum Gasteiger partial charge on any atom is -0.496 e. The summed E-state index contributed by atoms with van der Waals surface area (Å²) >= 11 is 1.69.